The van der Waals surface area contributed by atoms with Crippen LogP contribution in [0.25, 0.3) is 21.3 Å². The van der Waals surface area contributed by atoms with Gasteiger partial charge in [-0.25, -0.2) is 9.97 Å². The van der Waals surface area contributed by atoms with E-state index in [1.165, 1.54) is 18.4 Å². The minimum absolute atomic E-state index is 0.170. The highest BCUT2D eigenvalue weighted by atomic mass is 32.1. The smallest absolute Gasteiger partial charge is 0.243 e. The molecule has 2 fully saturated rings. The molecule has 2 aliphatic rings. The van der Waals surface area contributed by atoms with Crippen molar-refractivity contribution in [2.75, 3.05) is 24.7 Å². The van der Waals surface area contributed by atoms with Crippen molar-refractivity contribution in [3.05, 3.63) is 41.5 Å². The Bertz CT molecular complexity index is 980. The van der Waals surface area contributed by atoms with E-state index in [-0.39, 0.29) is 5.91 Å². The van der Waals surface area contributed by atoms with Gasteiger partial charge in [-0.15, -0.1) is 11.3 Å². The van der Waals surface area contributed by atoms with Gasteiger partial charge in [0.05, 0.1) is 12.1 Å². The van der Waals surface area contributed by atoms with E-state index in [2.05, 4.69) is 34.5 Å². The molecule has 5 nitrogen and oxygen atoms in total. The molecule has 0 atom stereocenters. The average molecular weight is 364 g/mol. The summed E-state index contributed by atoms with van der Waals surface area (Å²) >= 11 is 1.67. The van der Waals surface area contributed by atoms with Gasteiger partial charge in [0.15, 0.2) is 0 Å². The maximum Gasteiger partial charge on any atom is 0.243 e. The SMILES string of the molecule is CCN1CN(c2nc(C3CC3)nc3scc(-c4ccccc4)c23)CC1=O. The first-order valence-corrected chi connectivity index (χ1v) is 10.00. The fourth-order valence-corrected chi connectivity index (χ4v) is 4.49. The average Bonchev–Trinajstić information content (AvgIpc) is 3.33. The van der Waals surface area contributed by atoms with Crippen molar-refractivity contribution in [2.45, 2.75) is 25.7 Å². The predicted octanol–water partition coefficient (Wildman–Crippen LogP) is 3.86. The molecule has 132 valence electrons. The molecule has 0 N–H and O–H groups in total. The van der Waals surface area contributed by atoms with Gasteiger partial charge in [0.2, 0.25) is 5.91 Å². The largest absolute Gasteiger partial charge is 0.329 e. The zero-order chi connectivity index (χ0) is 17.7. The maximum absolute atomic E-state index is 12.3. The molecular weight excluding hydrogens is 344 g/mol. The highest BCUT2D eigenvalue weighted by molar-refractivity contribution is 7.17. The minimum atomic E-state index is 0.170. The molecule has 1 aliphatic heterocycles. The molecular formula is C20H20N4OS. The van der Waals surface area contributed by atoms with Gasteiger partial charge in [-0.3, -0.25) is 4.79 Å². The van der Waals surface area contributed by atoms with Crippen molar-refractivity contribution in [1.82, 2.24) is 14.9 Å². The summed E-state index contributed by atoms with van der Waals surface area (Å²) in [5.74, 6) is 2.52. The van der Waals surface area contributed by atoms with Crippen molar-refractivity contribution in [1.29, 1.82) is 0 Å². The van der Waals surface area contributed by atoms with E-state index in [0.717, 1.165) is 34.0 Å². The minimum Gasteiger partial charge on any atom is -0.329 e. The highest BCUT2D eigenvalue weighted by Crippen LogP contribution is 2.43. The van der Waals surface area contributed by atoms with E-state index in [0.29, 0.717) is 19.1 Å². The van der Waals surface area contributed by atoms with E-state index in [9.17, 15) is 4.79 Å². The van der Waals surface area contributed by atoms with Crippen molar-refractivity contribution < 1.29 is 4.79 Å². The number of aromatic nitrogens is 2. The Kier molecular flexibility index (Phi) is 3.67. The van der Waals surface area contributed by atoms with E-state index in [1.807, 2.05) is 17.9 Å². The number of carbonyl (C=O) groups is 1. The molecule has 0 spiro atoms. The lowest BCUT2D eigenvalue weighted by Crippen LogP contribution is -2.27. The molecule has 3 heterocycles. The van der Waals surface area contributed by atoms with E-state index in [1.54, 1.807) is 11.3 Å². The third-order valence-corrected chi connectivity index (χ3v) is 6.03. The molecule has 26 heavy (non-hydrogen) atoms. The van der Waals surface area contributed by atoms with Crippen LogP contribution in [0.1, 0.15) is 31.5 Å². The van der Waals surface area contributed by atoms with E-state index < -0.39 is 0 Å². The Morgan fingerprint density at radius 2 is 2.00 bits per heavy atom. The van der Waals surface area contributed by atoms with Gasteiger partial charge in [-0.1, -0.05) is 30.3 Å². The van der Waals surface area contributed by atoms with Crippen molar-refractivity contribution in [3.8, 4) is 11.1 Å². The van der Waals surface area contributed by atoms with Crippen molar-refractivity contribution >= 4 is 33.3 Å². The lowest BCUT2D eigenvalue weighted by Gasteiger charge is -2.19. The summed E-state index contributed by atoms with van der Waals surface area (Å²) in [7, 11) is 0. The van der Waals surface area contributed by atoms with Gasteiger partial charge < -0.3 is 9.80 Å². The maximum atomic E-state index is 12.3. The first-order chi connectivity index (χ1) is 12.7. The summed E-state index contributed by atoms with van der Waals surface area (Å²) in [5.41, 5.74) is 2.32. The third-order valence-electron chi connectivity index (χ3n) is 5.16. The Morgan fingerprint density at radius 3 is 2.69 bits per heavy atom. The number of amides is 1. The fraction of sp³-hybridized carbons (Fsp3) is 0.350. The normalized spacial score (nSPS) is 17.5. The highest BCUT2D eigenvalue weighted by Gasteiger charge is 2.33. The number of anilines is 1. The predicted molar refractivity (Wildman–Crippen MR) is 104 cm³/mol. The molecule has 0 unspecified atom stereocenters. The first-order valence-electron chi connectivity index (χ1n) is 9.12. The lowest BCUT2D eigenvalue weighted by atomic mass is 10.1. The van der Waals surface area contributed by atoms with Gasteiger partial charge in [0.1, 0.15) is 23.0 Å². The quantitative estimate of drug-likeness (QED) is 0.705. The monoisotopic (exact) mass is 364 g/mol. The molecule has 0 bridgehead atoms. The summed E-state index contributed by atoms with van der Waals surface area (Å²) in [6.45, 7) is 3.75. The van der Waals surface area contributed by atoms with Crippen molar-refractivity contribution in [3.63, 3.8) is 0 Å². The summed E-state index contributed by atoms with van der Waals surface area (Å²) in [6.07, 6.45) is 2.34. The Balaban J connectivity index is 1.69. The number of benzene rings is 1. The van der Waals surface area contributed by atoms with Gasteiger partial charge in [-0.2, -0.15) is 0 Å². The first kappa shape index (κ1) is 15.8. The summed E-state index contributed by atoms with van der Waals surface area (Å²) in [5, 5.41) is 3.25. The van der Waals surface area contributed by atoms with Crippen LogP contribution in [-0.2, 0) is 4.79 Å². The van der Waals surface area contributed by atoms with Crippen LogP contribution < -0.4 is 4.90 Å². The molecule has 1 saturated heterocycles. The molecule has 1 saturated carbocycles. The number of carbonyl (C=O) groups excluding carboxylic acids is 1. The van der Waals surface area contributed by atoms with Gasteiger partial charge in [0, 0.05) is 23.4 Å². The van der Waals surface area contributed by atoms with Crippen molar-refractivity contribution in [2.24, 2.45) is 0 Å². The number of hydrogen-bond donors (Lipinski definition) is 0. The second-order valence-electron chi connectivity index (χ2n) is 6.96. The molecule has 0 radical (unpaired) electrons. The second kappa shape index (κ2) is 6.06. The zero-order valence-electron chi connectivity index (χ0n) is 14.7. The van der Waals surface area contributed by atoms with Gasteiger partial charge in [0.25, 0.3) is 0 Å². The van der Waals surface area contributed by atoms with Crippen LogP contribution >= 0.6 is 11.3 Å². The number of thiophene rings is 1. The zero-order valence-corrected chi connectivity index (χ0v) is 15.5. The van der Waals surface area contributed by atoms with Gasteiger partial charge >= 0.3 is 0 Å². The number of likely N-dealkylation sites (N-methyl/N-ethyl adjacent to an activating group) is 1. The Labute approximate surface area is 156 Å². The number of hydrogen-bond acceptors (Lipinski definition) is 5. The molecule has 1 amide bonds. The van der Waals surface area contributed by atoms with Crippen LogP contribution in [0, 0.1) is 0 Å². The second-order valence-corrected chi connectivity index (χ2v) is 7.82. The van der Waals surface area contributed by atoms with Crippen LogP contribution in [0.2, 0.25) is 0 Å². The number of fused-ring (bicyclic) bond motifs is 1. The van der Waals surface area contributed by atoms with Crippen LogP contribution in [0.15, 0.2) is 35.7 Å². The third kappa shape index (κ3) is 2.56. The van der Waals surface area contributed by atoms with E-state index in [4.69, 9.17) is 9.97 Å². The van der Waals surface area contributed by atoms with Crippen LogP contribution in [0.3, 0.4) is 0 Å². The van der Waals surface area contributed by atoms with Crippen LogP contribution in [-0.4, -0.2) is 40.5 Å². The molecule has 3 aromatic rings. The summed E-state index contributed by atoms with van der Waals surface area (Å²) in [6, 6.07) is 10.4. The summed E-state index contributed by atoms with van der Waals surface area (Å²) in [4.78, 5) is 27.1. The van der Waals surface area contributed by atoms with Gasteiger partial charge in [-0.05, 0) is 25.3 Å². The molecule has 1 aliphatic carbocycles. The van der Waals surface area contributed by atoms with E-state index >= 15 is 0 Å². The standard InChI is InChI=1S/C20H20N4OS/c1-2-23-12-24(10-16(23)25)19-17-15(13-6-4-3-5-7-13)11-26-20(17)22-18(21-19)14-8-9-14/h3-7,11,14H,2,8-10,12H2,1H3. The summed E-state index contributed by atoms with van der Waals surface area (Å²) < 4.78 is 0. The topological polar surface area (TPSA) is 49.3 Å². The molecule has 2 aromatic heterocycles. The lowest BCUT2D eigenvalue weighted by molar-refractivity contribution is -0.126. The Morgan fingerprint density at radius 1 is 1.19 bits per heavy atom. The number of nitrogens with zero attached hydrogens (tertiary/aromatic N) is 4. The fourth-order valence-electron chi connectivity index (χ4n) is 3.54. The van der Waals surface area contributed by atoms with Crippen LogP contribution in [0.5, 0.6) is 0 Å². The molecule has 5 rings (SSSR count). The number of rotatable bonds is 4. The molecule has 1 aromatic carbocycles. The molecule has 6 heteroatoms. The van der Waals surface area contributed by atoms with Crippen LogP contribution in [0.4, 0.5) is 5.82 Å². The Hall–Kier alpha value is -2.47.